The number of hydrogen-bond acceptors (Lipinski definition) is 3. The zero-order valence-corrected chi connectivity index (χ0v) is 15.4. The van der Waals surface area contributed by atoms with Gasteiger partial charge in [0.2, 0.25) is 0 Å². The van der Waals surface area contributed by atoms with Gasteiger partial charge in [0.25, 0.3) is 5.91 Å². The Labute approximate surface area is 155 Å². The SMILES string of the molecule is Cc1ccc(C(=O)N2C[C@@H](N)[C@H](c3ccccc3)C2)c(C)n1.Cl.Cl. The van der Waals surface area contributed by atoms with Crippen LogP contribution >= 0.6 is 24.8 Å². The van der Waals surface area contributed by atoms with Crippen LogP contribution in [0, 0.1) is 13.8 Å². The van der Waals surface area contributed by atoms with Crippen LogP contribution in [0.4, 0.5) is 0 Å². The minimum Gasteiger partial charge on any atom is -0.336 e. The molecule has 3 rings (SSSR count). The molecule has 1 saturated heterocycles. The van der Waals surface area contributed by atoms with Crippen LogP contribution in [0.3, 0.4) is 0 Å². The monoisotopic (exact) mass is 367 g/mol. The molecule has 1 aromatic heterocycles. The maximum Gasteiger partial charge on any atom is 0.255 e. The van der Waals surface area contributed by atoms with Crippen molar-refractivity contribution in [2.45, 2.75) is 25.8 Å². The van der Waals surface area contributed by atoms with Crippen LogP contribution in [0.1, 0.15) is 33.2 Å². The van der Waals surface area contributed by atoms with Gasteiger partial charge in [-0.25, -0.2) is 0 Å². The molecule has 6 heteroatoms. The van der Waals surface area contributed by atoms with Crippen molar-refractivity contribution in [2.75, 3.05) is 13.1 Å². The summed E-state index contributed by atoms with van der Waals surface area (Å²) in [5.41, 5.74) is 9.85. The van der Waals surface area contributed by atoms with Gasteiger partial charge in [-0.2, -0.15) is 0 Å². The lowest BCUT2D eigenvalue weighted by atomic mass is 9.95. The van der Waals surface area contributed by atoms with Crippen molar-refractivity contribution in [3.05, 3.63) is 65.0 Å². The average molecular weight is 368 g/mol. The van der Waals surface area contributed by atoms with Crippen LogP contribution in [-0.2, 0) is 0 Å². The molecule has 2 aromatic rings. The topological polar surface area (TPSA) is 59.2 Å². The Hall–Kier alpha value is -1.62. The average Bonchev–Trinajstić information content (AvgIpc) is 2.89. The molecule has 1 aromatic carbocycles. The summed E-state index contributed by atoms with van der Waals surface area (Å²) in [6.45, 7) is 5.06. The Balaban J connectivity index is 0.00000144. The lowest BCUT2D eigenvalue weighted by Crippen LogP contribution is -2.32. The van der Waals surface area contributed by atoms with E-state index < -0.39 is 0 Å². The smallest absolute Gasteiger partial charge is 0.255 e. The number of nitrogens with zero attached hydrogens (tertiary/aromatic N) is 2. The molecule has 2 N–H and O–H groups in total. The normalized spacial score (nSPS) is 19.4. The van der Waals surface area contributed by atoms with Crippen LogP contribution < -0.4 is 5.73 Å². The van der Waals surface area contributed by atoms with Crippen molar-refractivity contribution in [2.24, 2.45) is 5.73 Å². The minimum absolute atomic E-state index is 0. The van der Waals surface area contributed by atoms with Gasteiger partial charge >= 0.3 is 0 Å². The van der Waals surface area contributed by atoms with Crippen LogP contribution in [-0.4, -0.2) is 34.9 Å². The highest BCUT2D eigenvalue weighted by Crippen LogP contribution is 2.27. The van der Waals surface area contributed by atoms with Crippen LogP contribution in [0.15, 0.2) is 42.5 Å². The Kier molecular flexibility index (Phi) is 7.21. The number of carbonyl (C=O) groups excluding carboxylic acids is 1. The second kappa shape index (κ2) is 8.47. The van der Waals surface area contributed by atoms with Crippen molar-refractivity contribution < 1.29 is 4.79 Å². The number of hydrogen-bond donors (Lipinski definition) is 1. The summed E-state index contributed by atoms with van der Waals surface area (Å²) in [6.07, 6.45) is 0. The van der Waals surface area contributed by atoms with Gasteiger partial charge in [0, 0.05) is 30.7 Å². The molecule has 0 aliphatic carbocycles. The van der Waals surface area contributed by atoms with Gasteiger partial charge < -0.3 is 10.6 Å². The summed E-state index contributed by atoms with van der Waals surface area (Å²) < 4.78 is 0. The highest BCUT2D eigenvalue weighted by molar-refractivity contribution is 5.95. The van der Waals surface area contributed by atoms with Gasteiger partial charge in [-0.1, -0.05) is 30.3 Å². The molecule has 0 radical (unpaired) electrons. The van der Waals surface area contributed by atoms with Gasteiger partial charge in [-0.05, 0) is 31.5 Å². The van der Waals surface area contributed by atoms with Gasteiger partial charge in [0.1, 0.15) is 0 Å². The summed E-state index contributed by atoms with van der Waals surface area (Å²) in [7, 11) is 0. The summed E-state index contributed by atoms with van der Waals surface area (Å²) in [4.78, 5) is 19.0. The first-order valence-electron chi connectivity index (χ1n) is 7.60. The number of likely N-dealkylation sites (tertiary alicyclic amines) is 1. The number of carbonyl (C=O) groups is 1. The Bertz CT molecular complexity index is 694. The lowest BCUT2D eigenvalue weighted by Gasteiger charge is -2.17. The van der Waals surface area contributed by atoms with E-state index in [4.69, 9.17) is 5.73 Å². The van der Waals surface area contributed by atoms with E-state index in [-0.39, 0.29) is 42.7 Å². The van der Waals surface area contributed by atoms with E-state index in [9.17, 15) is 4.79 Å². The van der Waals surface area contributed by atoms with E-state index in [2.05, 4.69) is 17.1 Å². The third-order valence-corrected chi connectivity index (χ3v) is 4.34. The van der Waals surface area contributed by atoms with Crippen molar-refractivity contribution in [3.63, 3.8) is 0 Å². The van der Waals surface area contributed by atoms with Crippen LogP contribution in [0.25, 0.3) is 0 Å². The standard InChI is InChI=1S/C18H21N3O.2ClH/c1-12-8-9-15(13(2)20-12)18(22)21-10-16(17(19)11-21)14-6-4-3-5-7-14;;/h3-9,16-17H,10-11,19H2,1-2H3;2*1H/t16-,17+;;/m0../s1. The summed E-state index contributed by atoms with van der Waals surface area (Å²) in [5, 5.41) is 0. The lowest BCUT2D eigenvalue weighted by molar-refractivity contribution is 0.0788. The Morgan fingerprint density at radius 2 is 1.75 bits per heavy atom. The third kappa shape index (κ3) is 4.07. The van der Waals surface area contributed by atoms with E-state index >= 15 is 0 Å². The second-order valence-corrected chi connectivity index (χ2v) is 5.98. The predicted molar refractivity (Wildman–Crippen MR) is 101 cm³/mol. The molecule has 4 nitrogen and oxygen atoms in total. The molecule has 24 heavy (non-hydrogen) atoms. The molecule has 1 fully saturated rings. The fourth-order valence-corrected chi connectivity index (χ4v) is 3.13. The van der Waals surface area contributed by atoms with Gasteiger partial charge in [0.15, 0.2) is 0 Å². The Morgan fingerprint density at radius 1 is 1.08 bits per heavy atom. The fraction of sp³-hybridized carbons (Fsp3) is 0.333. The zero-order chi connectivity index (χ0) is 15.7. The van der Waals surface area contributed by atoms with E-state index in [0.29, 0.717) is 18.7 Å². The molecule has 0 bridgehead atoms. The van der Waals surface area contributed by atoms with E-state index in [1.165, 1.54) is 5.56 Å². The molecule has 130 valence electrons. The molecule has 1 aliphatic heterocycles. The van der Waals surface area contributed by atoms with E-state index in [1.807, 2.05) is 49.1 Å². The highest BCUT2D eigenvalue weighted by Gasteiger charge is 2.34. The largest absolute Gasteiger partial charge is 0.336 e. The number of aromatic nitrogens is 1. The number of nitrogens with two attached hydrogens (primary N) is 1. The minimum atomic E-state index is -0.0231. The summed E-state index contributed by atoms with van der Waals surface area (Å²) in [5.74, 6) is 0.225. The molecule has 2 heterocycles. The summed E-state index contributed by atoms with van der Waals surface area (Å²) >= 11 is 0. The number of halogens is 2. The number of amides is 1. The number of aryl methyl sites for hydroxylation is 2. The highest BCUT2D eigenvalue weighted by atomic mass is 35.5. The Morgan fingerprint density at radius 3 is 2.38 bits per heavy atom. The van der Waals surface area contributed by atoms with Gasteiger partial charge in [-0.3, -0.25) is 9.78 Å². The fourth-order valence-electron chi connectivity index (χ4n) is 3.13. The van der Waals surface area contributed by atoms with Crippen molar-refractivity contribution in [3.8, 4) is 0 Å². The first kappa shape index (κ1) is 20.4. The molecule has 0 unspecified atom stereocenters. The van der Waals surface area contributed by atoms with Gasteiger partial charge in [0.05, 0.1) is 11.3 Å². The molecule has 0 spiro atoms. The second-order valence-electron chi connectivity index (χ2n) is 5.98. The third-order valence-electron chi connectivity index (χ3n) is 4.34. The number of pyridine rings is 1. The first-order valence-corrected chi connectivity index (χ1v) is 7.60. The van der Waals surface area contributed by atoms with Crippen molar-refractivity contribution >= 4 is 30.7 Å². The maximum atomic E-state index is 12.7. The quantitative estimate of drug-likeness (QED) is 0.886. The molecule has 1 aliphatic rings. The molecular weight excluding hydrogens is 345 g/mol. The first-order chi connectivity index (χ1) is 10.6. The van der Waals surface area contributed by atoms with Crippen LogP contribution in [0.2, 0.25) is 0 Å². The number of rotatable bonds is 2. The van der Waals surface area contributed by atoms with Gasteiger partial charge in [-0.15, -0.1) is 24.8 Å². The predicted octanol–water partition coefficient (Wildman–Crippen LogP) is 3.11. The maximum absolute atomic E-state index is 12.7. The molecule has 1 amide bonds. The van der Waals surface area contributed by atoms with E-state index in [1.54, 1.807) is 0 Å². The number of benzene rings is 1. The molecular formula is C18H23Cl2N3O. The summed E-state index contributed by atoms with van der Waals surface area (Å²) in [6, 6.07) is 13.9. The molecule has 2 atom stereocenters. The van der Waals surface area contributed by atoms with E-state index in [0.717, 1.165) is 11.4 Å². The van der Waals surface area contributed by atoms with Crippen LogP contribution in [0.5, 0.6) is 0 Å². The van der Waals surface area contributed by atoms with Crippen molar-refractivity contribution in [1.29, 1.82) is 0 Å². The van der Waals surface area contributed by atoms with Crippen molar-refractivity contribution in [1.82, 2.24) is 9.88 Å². The zero-order valence-electron chi connectivity index (χ0n) is 13.8. The molecule has 0 saturated carbocycles.